The lowest BCUT2D eigenvalue weighted by atomic mass is 10.1. The summed E-state index contributed by atoms with van der Waals surface area (Å²) < 4.78 is 23.7. The Morgan fingerprint density at radius 1 is 1.14 bits per heavy atom. The fourth-order valence-corrected chi connectivity index (χ4v) is 3.06. The van der Waals surface area contributed by atoms with Gasteiger partial charge in [-0.1, -0.05) is 12.1 Å². The standard InChI is InChI=1S/C14H22N4O3S/c1-16(2)13-5-3-12(4-6-13)11-14(19)17-7-9-18(10-8-17)22(15,20)21/h3-6H,7-11H2,1-2H3,(H2,15,20,21). The van der Waals surface area contributed by atoms with Crippen LogP contribution in [0.15, 0.2) is 24.3 Å². The molecule has 0 bridgehead atoms. The molecule has 1 aromatic rings. The Morgan fingerprint density at radius 3 is 2.14 bits per heavy atom. The number of anilines is 1. The molecule has 0 spiro atoms. The Morgan fingerprint density at radius 2 is 1.68 bits per heavy atom. The van der Waals surface area contributed by atoms with Crippen molar-refractivity contribution < 1.29 is 13.2 Å². The van der Waals surface area contributed by atoms with E-state index in [1.807, 2.05) is 43.3 Å². The first-order valence-corrected chi connectivity index (χ1v) is 8.59. The number of carbonyl (C=O) groups is 1. The van der Waals surface area contributed by atoms with Crippen molar-refractivity contribution >= 4 is 21.8 Å². The van der Waals surface area contributed by atoms with Crippen LogP contribution in [0.2, 0.25) is 0 Å². The van der Waals surface area contributed by atoms with Crippen LogP contribution in [0.3, 0.4) is 0 Å². The Balaban J connectivity index is 1.91. The number of benzene rings is 1. The molecule has 0 atom stereocenters. The first-order chi connectivity index (χ1) is 10.3. The van der Waals surface area contributed by atoms with E-state index < -0.39 is 10.2 Å². The van der Waals surface area contributed by atoms with Crippen molar-refractivity contribution in [2.45, 2.75) is 6.42 Å². The lowest BCUT2D eigenvalue weighted by Crippen LogP contribution is -2.52. The van der Waals surface area contributed by atoms with E-state index in [9.17, 15) is 13.2 Å². The average molecular weight is 326 g/mol. The molecule has 0 aromatic heterocycles. The van der Waals surface area contributed by atoms with Crippen molar-refractivity contribution in [2.75, 3.05) is 45.2 Å². The molecule has 0 unspecified atom stereocenters. The summed E-state index contributed by atoms with van der Waals surface area (Å²) >= 11 is 0. The van der Waals surface area contributed by atoms with Gasteiger partial charge in [0.2, 0.25) is 5.91 Å². The van der Waals surface area contributed by atoms with Gasteiger partial charge in [-0.2, -0.15) is 12.7 Å². The monoisotopic (exact) mass is 326 g/mol. The molecule has 122 valence electrons. The highest BCUT2D eigenvalue weighted by atomic mass is 32.2. The summed E-state index contributed by atoms with van der Waals surface area (Å²) in [6, 6.07) is 7.82. The highest BCUT2D eigenvalue weighted by Crippen LogP contribution is 2.14. The lowest BCUT2D eigenvalue weighted by molar-refractivity contribution is -0.131. The second kappa shape index (κ2) is 6.64. The zero-order chi connectivity index (χ0) is 16.3. The fraction of sp³-hybridized carbons (Fsp3) is 0.500. The summed E-state index contributed by atoms with van der Waals surface area (Å²) in [4.78, 5) is 15.9. The van der Waals surface area contributed by atoms with Crippen molar-refractivity contribution in [3.8, 4) is 0 Å². The van der Waals surface area contributed by atoms with Gasteiger partial charge < -0.3 is 9.80 Å². The molecule has 1 aromatic carbocycles. The van der Waals surface area contributed by atoms with E-state index in [-0.39, 0.29) is 19.0 Å². The van der Waals surface area contributed by atoms with Crippen LogP contribution in [0.5, 0.6) is 0 Å². The van der Waals surface area contributed by atoms with Crippen molar-refractivity contribution in [3.63, 3.8) is 0 Å². The number of nitrogens with two attached hydrogens (primary N) is 1. The Kier molecular flexibility index (Phi) is 5.05. The van der Waals surface area contributed by atoms with E-state index in [4.69, 9.17) is 5.14 Å². The number of rotatable bonds is 4. The molecule has 0 saturated carbocycles. The first kappa shape index (κ1) is 16.7. The van der Waals surface area contributed by atoms with Gasteiger partial charge in [0.25, 0.3) is 10.2 Å². The fourth-order valence-electron chi connectivity index (χ4n) is 2.39. The number of nitrogens with zero attached hydrogens (tertiary/aromatic N) is 3. The maximum atomic E-state index is 12.3. The maximum Gasteiger partial charge on any atom is 0.277 e. The third-order valence-electron chi connectivity index (χ3n) is 3.76. The minimum atomic E-state index is -3.66. The summed E-state index contributed by atoms with van der Waals surface area (Å²) in [6.45, 7) is 1.27. The van der Waals surface area contributed by atoms with Gasteiger partial charge in [-0.15, -0.1) is 0 Å². The normalized spacial score (nSPS) is 16.6. The van der Waals surface area contributed by atoms with Gasteiger partial charge in [0, 0.05) is 46.0 Å². The topological polar surface area (TPSA) is 86.9 Å². The first-order valence-electron chi connectivity index (χ1n) is 7.09. The molecule has 1 saturated heterocycles. The van der Waals surface area contributed by atoms with E-state index in [1.165, 1.54) is 4.31 Å². The lowest BCUT2D eigenvalue weighted by Gasteiger charge is -2.33. The maximum absolute atomic E-state index is 12.3. The van der Waals surface area contributed by atoms with Crippen molar-refractivity contribution in [1.29, 1.82) is 0 Å². The summed E-state index contributed by atoms with van der Waals surface area (Å²) in [7, 11) is 0.271. The van der Waals surface area contributed by atoms with Gasteiger partial charge in [0.05, 0.1) is 6.42 Å². The summed E-state index contributed by atoms with van der Waals surface area (Å²) in [6.07, 6.45) is 0.323. The molecule has 1 aliphatic heterocycles. The average Bonchev–Trinajstić information content (AvgIpc) is 2.47. The van der Waals surface area contributed by atoms with E-state index in [1.54, 1.807) is 4.90 Å². The van der Waals surface area contributed by atoms with Gasteiger partial charge in [-0.25, -0.2) is 5.14 Å². The van der Waals surface area contributed by atoms with Gasteiger partial charge in [-0.05, 0) is 17.7 Å². The van der Waals surface area contributed by atoms with Gasteiger partial charge in [0.15, 0.2) is 0 Å². The molecule has 8 heteroatoms. The number of amides is 1. The highest BCUT2D eigenvalue weighted by molar-refractivity contribution is 7.86. The second-order valence-corrected chi connectivity index (χ2v) is 7.11. The van der Waals surface area contributed by atoms with E-state index >= 15 is 0 Å². The Labute approximate surface area is 131 Å². The van der Waals surface area contributed by atoms with Crippen molar-refractivity contribution in [3.05, 3.63) is 29.8 Å². The summed E-state index contributed by atoms with van der Waals surface area (Å²) in [5, 5.41) is 5.08. The van der Waals surface area contributed by atoms with Crippen molar-refractivity contribution in [2.24, 2.45) is 5.14 Å². The van der Waals surface area contributed by atoms with E-state index in [0.29, 0.717) is 19.5 Å². The van der Waals surface area contributed by atoms with Gasteiger partial charge >= 0.3 is 0 Å². The minimum absolute atomic E-state index is 0.00618. The largest absolute Gasteiger partial charge is 0.378 e. The zero-order valence-corrected chi connectivity index (χ0v) is 13.7. The molecule has 0 aliphatic carbocycles. The molecule has 22 heavy (non-hydrogen) atoms. The summed E-state index contributed by atoms with van der Waals surface area (Å²) in [5.74, 6) is 0.00618. The van der Waals surface area contributed by atoms with Crippen molar-refractivity contribution in [1.82, 2.24) is 9.21 Å². The number of hydrogen-bond donors (Lipinski definition) is 1. The quantitative estimate of drug-likeness (QED) is 0.819. The van der Waals surface area contributed by atoms with Crippen LogP contribution < -0.4 is 10.0 Å². The van der Waals surface area contributed by atoms with Crippen LogP contribution in [-0.2, 0) is 21.4 Å². The molecule has 7 nitrogen and oxygen atoms in total. The van der Waals surface area contributed by atoms with E-state index in [0.717, 1.165) is 11.3 Å². The molecule has 1 heterocycles. The third kappa shape index (κ3) is 4.19. The van der Waals surface area contributed by atoms with Crippen LogP contribution >= 0.6 is 0 Å². The molecule has 2 rings (SSSR count). The predicted octanol–water partition coefficient (Wildman–Crippen LogP) is -0.357. The molecule has 0 radical (unpaired) electrons. The SMILES string of the molecule is CN(C)c1ccc(CC(=O)N2CCN(S(N)(=O)=O)CC2)cc1. The second-order valence-electron chi connectivity index (χ2n) is 5.56. The molecule has 1 amide bonds. The predicted molar refractivity (Wildman–Crippen MR) is 85.7 cm³/mol. The molecular weight excluding hydrogens is 304 g/mol. The van der Waals surface area contributed by atoms with Gasteiger partial charge in [0.1, 0.15) is 0 Å². The Bertz CT molecular complexity index is 620. The molecule has 1 fully saturated rings. The minimum Gasteiger partial charge on any atom is -0.378 e. The number of carbonyl (C=O) groups excluding carboxylic acids is 1. The molecular formula is C14H22N4O3S. The Hall–Kier alpha value is -1.64. The smallest absolute Gasteiger partial charge is 0.277 e. The number of hydrogen-bond acceptors (Lipinski definition) is 4. The van der Waals surface area contributed by atoms with Crippen LogP contribution in [0.4, 0.5) is 5.69 Å². The van der Waals surface area contributed by atoms with Crippen LogP contribution in [0.1, 0.15) is 5.56 Å². The van der Waals surface area contributed by atoms with Crippen LogP contribution in [-0.4, -0.2) is 63.8 Å². The molecule has 1 aliphatic rings. The van der Waals surface area contributed by atoms with Crippen LogP contribution in [0, 0.1) is 0 Å². The number of piperazine rings is 1. The van der Waals surface area contributed by atoms with E-state index in [2.05, 4.69) is 0 Å². The molecule has 2 N–H and O–H groups in total. The zero-order valence-electron chi connectivity index (χ0n) is 12.9. The third-order valence-corrected chi connectivity index (χ3v) is 4.84. The highest BCUT2D eigenvalue weighted by Gasteiger charge is 2.26. The van der Waals surface area contributed by atoms with Crippen LogP contribution in [0.25, 0.3) is 0 Å². The summed E-state index contributed by atoms with van der Waals surface area (Å²) in [5.41, 5.74) is 2.03. The van der Waals surface area contributed by atoms with Gasteiger partial charge in [-0.3, -0.25) is 4.79 Å².